The van der Waals surface area contributed by atoms with E-state index in [4.69, 9.17) is 0 Å². The second kappa shape index (κ2) is 4.96. The molecule has 1 N–H and O–H groups in total. The fourth-order valence-corrected chi connectivity index (χ4v) is 1.61. The van der Waals surface area contributed by atoms with Crippen LogP contribution in [0.25, 0.3) is 0 Å². The maximum absolute atomic E-state index is 13.1. The number of aryl methyl sites for hydroxylation is 1. The molecule has 2 heteroatoms. The average Bonchev–Trinajstić information content (AvgIpc) is 2.17. The molecule has 16 heavy (non-hydrogen) atoms. The molecule has 0 saturated heterocycles. The van der Waals surface area contributed by atoms with E-state index in [-0.39, 0.29) is 11.2 Å². The molecule has 1 rings (SSSR count). The lowest BCUT2D eigenvalue weighted by molar-refractivity contribution is 0.147. The number of rotatable bonds is 3. The number of aliphatic hydroxyl groups excluding tert-OH is 1. The topological polar surface area (TPSA) is 20.2 Å². The average molecular weight is 224 g/mol. The second-order valence-corrected chi connectivity index (χ2v) is 5.62. The molecule has 0 saturated carbocycles. The summed E-state index contributed by atoms with van der Waals surface area (Å²) in [5, 5.41) is 9.98. The molecule has 0 aliphatic heterocycles. The zero-order valence-corrected chi connectivity index (χ0v) is 10.5. The SMILES string of the molecule is Cc1cc(C(O)CCC(C)(C)C)ccc1F. The van der Waals surface area contributed by atoms with Crippen LogP contribution in [0.15, 0.2) is 18.2 Å². The fraction of sp³-hybridized carbons (Fsp3) is 0.571. The van der Waals surface area contributed by atoms with Crippen LogP contribution in [0, 0.1) is 18.2 Å². The number of halogens is 1. The highest BCUT2D eigenvalue weighted by Crippen LogP contribution is 2.27. The largest absolute Gasteiger partial charge is 0.388 e. The minimum Gasteiger partial charge on any atom is -0.388 e. The molecule has 1 atom stereocenters. The van der Waals surface area contributed by atoms with Crippen molar-refractivity contribution in [1.82, 2.24) is 0 Å². The lowest BCUT2D eigenvalue weighted by atomic mass is 9.88. The summed E-state index contributed by atoms with van der Waals surface area (Å²) in [5.74, 6) is -0.216. The minimum atomic E-state index is -0.487. The number of hydrogen-bond acceptors (Lipinski definition) is 1. The van der Waals surface area contributed by atoms with Gasteiger partial charge in [0.1, 0.15) is 5.82 Å². The molecule has 0 heterocycles. The summed E-state index contributed by atoms with van der Waals surface area (Å²) in [4.78, 5) is 0. The van der Waals surface area contributed by atoms with Gasteiger partial charge in [-0.3, -0.25) is 0 Å². The molecule has 0 amide bonds. The molecule has 0 bridgehead atoms. The molecule has 0 aliphatic rings. The van der Waals surface area contributed by atoms with E-state index in [0.29, 0.717) is 12.0 Å². The summed E-state index contributed by atoms with van der Waals surface area (Å²) in [7, 11) is 0. The zero-order chi connectivity index (χ0) is 12.3. The summed E-state index contributed by atoms with van der Waals surface area (Å²) >= 11 is 0. The highest BCUT2D eigenvalue weighted by Gasteiger charge is 2.15. The predicted octanol–water partition coefficient (Wildman–Crippen LogP) is 3.99. The van der Waals surface area contributed by atoms with Crippen molar-refractivity contribution >= 4 is 0 Å². The third-order valence-corrected chi connectivity index (χ3v) is 2.73. The molecule has 0 spiro atoms. The fourth-order valence-electron chi connectivity index (χ4n) is 1.61. The van der Waals surface area contributed by atoms with Gasteiger partial charge in [0.25, 0.3) is 0 Å². The first-order chi connectivity index (χ1) is 7.29. The van der Waals surface area contributed by atoms with Gasteiger partial charge in [-0.25, -0.2) is 4.39 Å². The normalized spacial score (nSPS) is 13.9. The Morgan fingerprint density at radius 2 is 1.94 bits per heavy atom. The van der Waals surface area contributed by atoms with Gasteiger partial charge in [0.05, 0.1) is 6.10 Å². The van der Waals surface area contributed by atoms with Crippen LogP contribution in [0.3, 0.4) is 0 Å². The van der Waals surface area contributed by atoms with Crippen molar-refractivity contribution < 1.29 is 9.50 Å². The van der Waals surface area contributed by atoms with Gasteiger partial charge in [-0.15, -0.1) is 0 Å². The molecular formula is C14H21FO. The van der Waals surface area contributed by atoms with Gasteiger partial charge < -0.3 is 5.11 Å². The van der Waals surface area contributed by atoms with Crippen LogP contribution in [-0.2, 0) is 0 Å². The third-order valence-electron chi connectivity index (χ3n) is 2.73. The highest BCUT2D eigenvalue weighted by atomic mass is 19.1. The quantitative estimate of drug-likeness (QED) is 0.823. The predicted molar refractivity (Wildman–Crippen MR) is 64.8 cm³/mol. The summed E-state index contributed by atoms with van der Waals surface area (Å²) in [6.45, 7) is 8.16. The van der Waals surface area contributed by atoms with Crippen molar-refractivity contribution in [2.24, 2.45) is 5.41 Å². The van der Waals surface area contributed by atoms with Crippen molar-refractivity contribution in [2.45, 2.75) is 46.6 Å². The molecule has 0 radical (unpaired) electrons. The molecule has 0 aromatic heterocycles. The molecule has 0 aliphatic carbocycles. The Balaban J connectivity index is 2.66. The van der Waals surface area contributed by atoms with Crippen LogP contribution in [0.1, 0.15) is 50.8 Å². The van der Waals surface area contributed by atoms with Crippen molar-refractivity contribution in [3.05, 3.63) is 35.1 Å². The summed E-state index contributed by atoms with van der Waals surface area (Å²) in [6.07, 6.45) is 1.18. The smallest absolute Gasteiger partial charge is 0.126 e. The van der Waals surface area contributed by atoms with E-state index in [1.54, 1.807) is 19.1 Å². The van der Waals surface area contributed by atoms with Crippen molar-refractivity contribution in [1.29, 1.82) is 0 Å². The Morgan fingerprint density at radius 3 is 2.44 bits per heavy atom. The standard InChI is InChI=1S/C14H21FO/c1-10-9-11(5-6-12(10)15)13(16)7-8-14(2,3)4/h5-6,9,13,16H,7-8H2,1-4H3. The lowest BCUT2D eigenvalue weighted by Crippen LogP contribution is -2.08. The van der Waals surface area contributed by atoms with Crippen LogP contribution < -0.4 is 0 Å². The molecule has 90 valence electrons. The van der Waals surface area contributed by atoms with Gasteiger partial charge >= 0.3 is 0 Å². The van der Waals surface area contributed by atoms with E-state index < -0.39 is 6.10 Å². The highest BCUT2D eigenvalue weighted by molar-refractivity contribution is 5.25. The molecule has 1 nitrogen and oxygen atoms in total. The van der Waals surface area contributed by atoms with Gasteiger partial charge in [0.15, 0.2) is 0 Å². The first-order valence-corrected chi connectivity index (χ1v) is 5.74. The number of aliphatic hydroxyl groups is 1. The number of hydrogen-bond donors (Lipinski definition) is 1. The molecule has 1 aromatic rings. The van der Waals surface area contributed by atoms with Crippen molar-refractivity contribution in [2.75, 3.05) is 0 Å². The van der Waals surface area contributed by atoms with Gasteiger partial charge in [0.2, 0.25) is 0 Å². The molecule has 1 aromatic carbocycles. The Morgan fingerprint density at radius 1 is 1.31 bits per heavy atom. The zero-order valence-electron chi connectivity index (χ0n) is 10.5. The Kier molecular flexibility index (Phi) is 4.09. The van der Waals surface area contributed by atoms with Crippen molar-refractivity contribution in [3.8, 4) is 0 Å². The summed E-state index contributed by atoms with van der Waals surface area (Å²) < 4.78 is 13.1. The molecule has 1 unspecified atom stereocenters. The monoisotopic (exact) mass is 224 g/mol. The number of benzene rings is 1. The summed E-state index contributed by atoms with van der Waals surface area (Å²) in [6, 6.07) is 4.81. The molecule has 0 fully saturated rings. The summed E-state index contributed by atoms with van der Waals surface area (Å²) in [5.41, 5.74) is 1.62. The van der Waals surface area contributed by atoms with E-state index in [2.05, 4.69) is 20.8 Å². The van der Waals surface area contributed by atoms with E-state index in [1.807, 2.05) is 0 Å². The van der Waals surface area contributed by atoms with Gasteiger partial charge in [-0.1, -0.05) is 32.9 Å². The minimum absolute atomic E-state index is 0.216. The third kappa shape index (κ3) is 3.93. The van der Waals surface area contributed by atoms with E-state index >= 15 is 0 Å². The van der Waals surface area contributed by atoms with E-state index in [1.165, 1.54) is 6.07 Å². The van der Waals surface area contributed by atoms with Gasteiger partial charge in [-0.05, 0) is 42.4 Å². The first kappa shape index (κ1) is 13.2. The maximum Gasteiger partial charge on any atom is 0.126 e. The van der Waals surface area contributed by atoms with Crippen LogP contribution in [-0.4, -0.2) is 5.11 Å². The second-order valence-electron chi connectivity index (χ2n) is 5.62. The lowest BCUT2D eigenvalue weighted by Gasteiger charge is -2.20. The Hall–Kier alpha value is -0.890. The van der Waals surface area contributed by atoms with Crippen LogP contribution >= 0.6 is 0 Å². The Bertz CT molecular complexity index is 352. The van der Waals surface area contributed by atoms with Crippen LogP contribution in [0.5, 0.6) is 0 Å². The molecular weight excluding hydrogens is 203 g/mol. The maximum atomic E-state index is 13.1. The Labute approximate surface area is 97.3 Å². The van der Waals surface area contributed by atoms with Gasteiger partial charge in [0, 0.05) is 0 Å². The van der Waals surface area contributed by atoms with E-state index in [0.717, 1.165) is 12.0 Å². The first-order valence-electron chi connectivity index (χ1n) is 5.74. The van der Waals surface area contributed by atoms with Gasteiger partial charge in [-0.2, -0.15) is 0 Å². The van der Waals surface area contributed by atoms with E-state index in [9.17, 15) is 9.50 Å². The van der Waals surface area contributed by atoms with Crippen LogP contribution in [0.2, 0.25) is 0 Å². The van der Waals surface area contributed by atoms with Crippen molar-refractivity contribution in [3.63, 3.8) is 0 Å². The van der Waals surface area contributed by atoms with Crippen LogP contribution in [0.4, 0.5) is 4.39 Å².